The third-order valence-electron chi connectivity index (χ3n) is 2.47. The molecule has 1 rings (SSSR count). The smallest absolute Gasteiger partial charge is 0.131 e. The Morgan fingerprint density at radius 1 is 1.67 bits per heavy atom. The van der Waals surface area contributed by atoms with Crippen molar-refractivity contribution >= 4 is 23.0 Å². The molecule has 0 aliphatic rings. The van der Waals surface area contributed by atoms with Crippen LogP contribution >= 0.6 is 12.2 Å². The highest BCUT2D eigenvalue weighted by Gasteiger charge is 2.13. The van der Waals surface area contributed by atoms with Crippen LogP contribution in [0.25, 0.3) is 0 Å². The van der Waals surface area contributed by atoms with E-state index in [4.69, 9.17) is 18.0 Å². The molecule has 1 unspecified atom stereocenters. The van der Waals surface area contributed by atoms with Crippen LogP contribution in [0.3, 0.4) is 0 Å². The molecule has 1 aromatic heterocycles. The first-order valence-corrected chi connectivity index (χ1v) is 5.36. The second-order valence-corrected chi connectivity index (χ2v) is 4.30. The van der Waals surface area contributed by atoms with Crippen LogP contribution < -0.4 is 10.6 Å². The summed E-state index contributed by atoms with van der Waals surface area (Å²) in [6, 6.07) is 4.26. The first kappa shape index (κ1) is 11.9. The number of anilines is 1. The van der Waals surface area contributed by atoms with Crippen molar-refractivity contribution in [3.63, 3.8) is 0 Å². The summed E-state index contributed by atoms with van der Waals surface area (Å²) >= 11 is 4.90. The minimum absolute atomic E-state index is 0.274. The van der Waals surface area contributed by atoms with Gasteiger partial charge in [-0.3, -0.25) is 0 Å². The minimum atomic E-state index is 0.274. The third kappa shape index (κ3) is 3.16. The van der Waals surface area contributed by atoms with Gasteiger partial charge < -0.3 is 10.6 Å². The predicted octanol–water partition coefficient (Wildman–Crippen LogP) is 1.89. The van der Waals surface area contributed by atoms with Crippen molar-refractivity contribution in [3.8, 4) is 0 Å². The summed E-state index contributed by atoms with van der Waals surface area (Å²) in [7, 11) is 2.01. The number of hydrogen-bond acceptors (Lipinski definition) is 3. The Hall–Kier alpha value is -1.16. The first-order chi connectivity index (χ1) is 7.02. The Bertz CT molecular complexity index is 351. The monoisotopic (exact) mass is 223 g/mol. The minimum Gasteiger partial charge on any atom is -0.393 e. The van der Waals surface area contributed by atoms with Gasteiger partial charge in [-0.15, -0.1) is 0 Å². The number of thiocarbonyl (C=S) groups is 1. The zero-order valence-corrected chi connectivity index (χ0v) is 10.2. The molecule has 0 radical (unpaired) electrons. The van der Waals surface area contributed by atoms with E-state index < -0.39 is 0 Å². The van der Waals surface area contributed by atoms with E-state index in [2.05, 4.69) is 16.8 Å². The lowest BCUT2D eigenvalue weighted by Gasteiger charge is -2.26. The van der Waals surface area contributed by atoms with Gasteiger partial charge in [-0.05, 0) is 25.5 Å². The molecule has 3 nitrogen and oxygen atoms in total. The Morgan fingerprint density at radius 2 is 2.33 bits per heavy atom. The number of nitrogens with zero attached hydrogens (tertiary/aromatic N) is 2. The van der Waals surface area contributed by atoms with E-state index in [0.29, 0.717) is 11.4 Å². The summed E-state index contributed by atoms with van der Waals surface area (Å²) in [6.45, 7) is 4.14. The fourth-order valence-electron chi connectivity index (χ4n) is 1.48. The molecule has 0 aliphatic carbocycles. The summed E-state index contributed by atoms with van der Waals surface area (Å²) < 4.78 is 0. The van der Waals surface area contributed by atoms with Crippen molar-refractivity contribution in [1.29, 1.82) is 0 Å². The maximum absolute atomic E-state index is 5.53. The van der Waals surface area contributed by atoms with Crippen LogP contribution in [0.5, 0.6) is 0 Å². The molecular weight excluding hydrogens is 206 g/mol. The Balaban J connectivity index is 2.80. The molecule has 82 valence electrons. The summed E-state index contributed by atoms with van der Waals surface area (Å²) in [6.07, 6.45) is 2.51. The number of nitrogens with two attached hydrogens (primary N) is 1. The van der Waals surface area contributed by atoms with Crippen molar-refractivity contribution in [3.05, 3.63) is 23.9 Å². The lowest BCUT2D eigenvalue weighted by molar-refractivity contribution is 0.703. The van der Waals surface area contributed by atoms with E-state index in [1.165, 1.54) is 0 Å². The summed E-state index contributed by atoms with van der Waals surface area (Å²) in [5.74, 6) is 0.987. The molecule has 0 aliphatic heterocycles. The molecule has 2 N–H and O–H groups in total. The second kappa shape index (κ2) is 5.07. The van der Waals surface area contributed by atoms with Gasteiger partial charge in [0.2, 0.25) is 0 Å². The molecule has 4 heteroatoms. The van der Waals surface area contributed by atoms with Gasteiger partial charge in [0.1, 0.15) is 5.82 Å². The van der Waals surface area contributed by atoms with Gasteiger partial charge in [-0.2, -0.15) is 0 Å². The molecule has 0 fully saturated rings. The zero-order valence-electron chi connectivity index (χ0n) is 9.40. The Morgan fingerprint density at radius 3 is 2.87 bits per heavy atom. The highest BCUT2D eigenvalue weighted by atomic mass is 32.1. The van der Waals surface area contributed by atoms with Crippen molar-refractivity contribution in [2.24, 2.45) is 5.73 Å². The maximum Gasteiger partial charge on any atom is 0.131 e. The van der Waals surface area contributed by atoms with Crippen LogP contribution in [0.15, 0.2) is 18.3 Å². The van der Waals surface area contributed by atoms with E-state index >= 15 is 0 Å². The third-order valence-corrected chi connectivity index (χ3v) is 2.64. The van der Waals surface area contributed by atoms with Crippen LogP contribution in [0, 0.1) is 6.92 Å². The van der Waals surface area contributed by atoms with Crippen molar-refractivity contribution in [2.75, 3.05) is 11.9 Å². The topological polar surface area (TPSA) is 42.2 Å². The zero-order chi connectivity index (χ0) is 11.4. The molecule has 0 spiro atoms. The van der Waals surface area contributed by atoms with E-state index in [-0.39, 0.29) is 6.04 Å². The van der Waals surface area contributed by atoms with Crippen molar-refractivity contribution in [2.45, 2.75) is 26.3 Å². The number of hydrogen-bond donors (Lipinski definition) is 1. The van der Waals surface area contributed by atoms with Gasteiger partial charge in [0.25, 0.3) is 0 Å². The molecule has 0 saturated heterocycles. The molecule has 1 atom stereocenters. The first-order valence-electron chi connectivity index (χ1n) is 4.95. The largest absolute Gasteiger partial charge is 0.393 e. The standard InChI is InChI=1S/C11H17N3S/c1-8-5-4-6-13-11(8)14(3)9(2)7-10(12)15/h4-6,9H,7H2,1-3H3,(H2,12,15). The molecule has 0 saturated carbocycles. The Labute approximate surface area is 96.3 Å². The van der Waals surface area contributed by atoms with E-state index in [0.717, 1.165) is 11.4 Å². The predicted molar refractivity (Wildman–Crippen MR) is 68.2 cm³/mol. The fourth-order valence-corrected chi connectivity index (χ4v) is 1.72. The molecule has 0 aromatic carbocycles. The van der Waals surface area contributed by atoms with Gasteiger partial charge in [0.15, 0.2) is 0 Å². The lowest BCUT2D eigenvalue weighted by atomic mass is 10.2. The van der Waals surface area contributed by atoms with Gasteiger partial charge in [0, 0.05) is 25.7 Å². The second-order valence-electron chi connectivity index (χ2n) is 3.77. The van der Waals surface area contributed by atoms with Gasteiger partial charge in [-0.1, -0.05) is 18.3 Å². The number of pyridine rings is 1. The summed E-state index contributed by atoms with van der Waals surface area (Å²) in [4.78, 5) is 7.00. The number of aromatic nitrogens is 1. The van der Waals surface area contributed by atoms with Crippen molar-refractivity contribution < 1.29 is 0 Å². The van der Waals surface area contributed by atoms with Crippen LogP contribution in [-0.4, -0.2) is 23.1 Å². The highest BCUT2D eigenvalue weighted by molar-refractivity contribution is 7.80. The van der Waals surface area contributed by atoms with Crippen LogP contribution in [0.1, 0.15) is 18.9 Å². The average Bonchev–Trinajstić information content (AvgIpc) is 2.16. The van der Waals surface area contributed by atoms with E-state index in [9.17, 15) is 0 Å². The highest BCUT2D eigenvalue weighted by Crippen LogP contribution is 2.17. The molecule has 15 heavy (non-hydrogen) atoms. The SMILES string of the molecule is Cc1cccnc1N(C)C(C)CC(N)=S. The normalized spacial score (nSPS) is 12.2. The molecule has 1 heterocycles. The number of aryl methyl sites for hydroxylation is 1. The van der Waals surface area contributed by atoms with Crippen LogP contribution in [0.4, 0.5) is 5.82 Å². The van der Waals surface area contributed by atoms with Crippen LogP contribution in [0.2, 0.25) is 0 Å². The van der Waals surface area contributed by atoms with E-state index in [1.807, 2.05) is 26.1 Å². The molecular formula is C11H17N3S. The average molecular weight is 223 g/mol. The van der Waals surface area contributed by atoms with Crippen molar-refractivity contribution in [1.82, 2.24) is 4.98 Å². The summed E-state index contributed by atoms with van der Waals surface area (Å²) in [5.41, 5.74) is 6.69. The maximum atomic E-state index is 5.53. The van der Waals surface area contributed by atoms with E-state index in [1.54, 1.807) is 6.20 Å². The molecule has 1 aromatic rings. The quantitative estimate of drug-likeness (QED) is 0.792. The van der Waals surface area contributed by atoms with Gasteiger partial charge in [0.05, 0.1) is 4.99 Å². The summed E-state index contributed by atoms with van der Waals surface area (Å²) in [5, 5.41) is 0. The molecule has 0 bridgehead atoms. The van der Waals surface area contributed by atoms with Crippen LogP contribution in [-0.2, 0) is 0 Å². The molecule has 0 amide bonds. The van der Waals surface area contributed by atoms with Gasteiger partial charge in [-0.25, -0.2) is 4.98 Å². The Kier molecular flexibility index (Phi) is 4.03. The van der Waals surface area contributed by atoms with Gasteiger partial charge >= 0.3 is 0 Å². The number of rotatable bonds is 4. The lowest BCUT2D eigenvalue weighted by Crippen LogP contribution is -2.33. The fraction of sp³-hybridized carbons (Fsp3) is 0.455.